The van der Waals surface area contributed by atoms with Gasteiger partial charge in [-0.3, -0.25) is 4.79 Å². The second kappa shape index (κ2) is 10.5. The molecule has 0 aliphatic carbocycles. The number of nitrogens with two attached hydrogens (primary N) is 1. The number of furan rings is 1. The summed E-state index contributed by atoms with van der Waals surface area (Å²) in [5.74, 6) is 0.797. The van der Waals surface area contributed by atoms with Crippen molar-refractivity contribution in [1.82, 2.24) is 15.5 Å². The van der Waals surface area contributed by atoms with Gasteiger partial charge in [0.1, 0.15) is 17.9 Å². The summed E-state index contributed by atoms with van der Waals surface area (Å²) in [5, 5.41) is 6.13. The normalized spacial score (nSPS) is 17.1. The van der Waals surface area contributed by atoms with Crippen molar-refractivity contribution in [2.75, 3.05) is 19.6 Å². The molecule has 1 unspecified atom stereocenters. The van der Waals surface area contributed by atoms with Crippen molar-refractivity contribution in [1.29, 1.82) is 0 Å². The first-order valence-electron chi connectivity index (χ1n) is 9.09. The number of alkyl carbamates (subject to hydrolysis) is 1. The first-order chi connectivity index (χ1) is 12.7. The summed E-state index contributed by atoms with van der Waals surface area (Å²) in [6.45, 7) is 9.89. The largest absolute Gasteiger partial charge is 0.454 e. The van der Waals surface area contributed by atoms with Gasteiger partial charge in [-0.15, -0.1) is 24.0 Å². The van der Waals surface area contributed by atoms with Crippen molar-refractivity contribution >= 4 is 41.9 Å². The van der Waals surface area contributed by atoms with Gasteiger partial charge in [-0.1, -0.05) is 0 Å². The Hall–Kier alpha value is -1.98. The Labute approximate surface area is 182 Å². The van der Waals surface area contributed by atoms with Crippen LogP contribution in [0.3, 0.4) is 0 Å². The summed E-state index contributed by atoms with van der Waals surface area (Å²) in [7, 11) is 0. The number of guanidine groups is 1. The second-order valence-corrected chi connectivity index (χ2v) is 7.38. The number of hydrogen-bond acceptors (Lipinski definition) is 5. The lowest BCUT2D eigenvalue weighted by molar-refractivity contribution is 0.0507. The molecule has 9 nitrogen and oxygen atoms in total. The molecule has 2 amide bonds. The molecule has 28 heavy (non-hydrogen) atoms. The highest BCUT2D eigenvalue weighted by atomic mass is 127. The number of ether oxygens (including phenoxy) is 1. The van der Waals surface area contributed by atoms with Crippen LogP contribution in [0, 0.1) is 0 Å². The Bertz CT molecular complexity index is 698. The van der Waals surface area contributed by atoms with Crippen molar-refractivity contribution in [3.8, 4) is 0 Å². The number of amides is 2. The lowest BCUT2D eigenvalue weighted by Crippen LogP contribution is -2.44. The van der Waals surface area contributed by atoms with Crippen LogP contribution in [0.2, 0.25) is 0 Å². The molecular weight excluding hydrogens is 477 g/mol. The lowest BCUT2D eigenvalue weighted by Gasteiger charge is -2.23. The topological polar surface area (TPSA) is 122 Å². The maximum Gasteiger partial charge on any atom is 0.407 e. The zero-order chi connectivity index (χ0) is 20.0. The van der Waals surface area contributed by atoms with Crippen molar-refractivity contribution in [2.24, 2.45) is 10.7 Å². The van der Waals surface area contributed by atoms with Crippen LogP contribution in [0.1, 0.15) is 50.4 Å². The number of halogens is 1. The van der Waals surface area contributed by atoms with E-state index >= 15 is 0 Å². The van der Waals surface area contributed by atoms with Gasteiger partial charge in [0.15, 0.2) is 11.7 Å². The zero-order valence-electron chi connectivity index (χ0n) is 16.8. The SMILES string of the molecule is CCNC(=NCc1ccc(C(N)=O)o1)N1CCC(NC(=O)OC(C)(C)C)C1.I. The fourth-order valence-electron chi connectivity index (χ4n) is 2.72. The lowest BCUT2D eigenvalue weighted by atomic mass is 10.2. The molecule has 1 fully saturated rings. The van der Waals surface area contributed by atoms with Gasteiger partial charge in [0.2, 0.25) is 0 Å². The van der Waals surface area contributed by atoms with Crippen molar-refractivity contribution < 1.29 is 18.7 Å². The molecule has 2 heterocycles. The number of nitrogens with one attached hydrogen (secondary N) is 2. The molecule has 1 aliphatic rings. The minimum atomic E-state index is -0.604. The van der Waals surface area contributed by atoms with Crippen LogP contribution in [0.25, 0.3) is 0 Å². The first kappa shape index (κ1) is 24.1. The van der Waals surface area contributed by atoms with Gasteiger partial charge >= 0.3 is 6.09 Å². The number of primary amides is 1. The van der Waals surface area contributed by atoms with E-state index in [0.29, 0.717) is 18.8 Å². The molecule has 0 saturated carbocycles. The molecular formula is C18H30IN5O4. The van der Waals surface area contributed by atoms with Crippen molar-refractivity contribution in [2.45, 2.75) is 52.3 Å². The average Bonchev–Trinajstić information content (AvgIpc) is 3.19. The monoisotopic (exact) mass is 507 g/mol. The molecule has 2 rings (SSSR count). The van der Waals surface area contributed by atoms with Crippen LogP contribution in [0.5, 0.6) is 0 Å². The summed E-state index contributed by atoms with van der Waals surface area (Å²) in [5.41, 5.74) is 4.67. The number of hydrogen-bond donors (Lipinski definition) is 3. The number of likely N-dealkylation sites (tertiary alicyclic amines) is 1. The third kappa shape index (κ3) is 7.56. The molecule has 1 atom stereocenters. The van der Waals surface area contributed by atoms with E-state index in [1.165, 1.54) is 6.07 Å². The van der Waals surface area contributed by atoms with E-state index < -0.39 is 17.6 Å². The summed E-state index contributed by atoms with van der Waals surface area (Å²) < 4.78 is 10.7. The third-order valence-electron chi connectivity index (χ3n) is 3.83. The van der Waals surface area contributed by atoms with Crippen LogP contribution in [-0.4, -0.2) is 54.1 Å². The molecule has 1 aromatic heterocycles. The molecule has 158 valence electrons. The number of rotatable bonds is 5. The number of nitrogens with zero attached hydrogens (tertiary/aromatic N) is 2. The maximum absolute atomic E-state index is 11.9. The van der Waals surface area contributed by atoms with Crippen LogP contribution in [-0.2, 0) is 11.3 Å². The summed E-state index contributed by atoms with van der Waals surface area (Å²) in [6, 6.07) is 3.22. The van der Waals surface area contributed by atoms with E-state index in [2.05, 4.69) is 20.5 Å². The van der Waals surface area contributed by atoms with Crippen LogP contribution in [0.4, 0.5) is 4.79 Å². The van der Waals surface area contributed by atoms with Gasteiger partial charge < -0.3 is 30.4 Å². The fourth-order valence-corrected chi connectivity index (χ4v) is 2.72. The van der Waals surface area contributed by atoms with Gasteiger partial charge in [0.05, 0.1) is 6.04 Å². The van der Waals surface area contributed by atoms with Gasteiger partial charge in [-0.2, -0.15) is 0 Å². The standard InChI is InChI=1S/C18H29N5O4.HI/c1-5-20-16(21-10-13-6-7-14(26-13)15(19)24)23-9-8-12(11-23)22-17(25)27-18(2,3)4;/h6-7,12H,5,8-11H2,1-4H3,(H2,19,24)(H,20,21)(H,22,25);1H. The van der Waals surface area contributed by atoms with Gasteiger partial charge in [0, 0.05) is 19.6 Å². The number of carbonyl (C=O) groups excluding carboxylic acids is 2. The molecule has 10 heteroatoms. The van der Waals surface area contributed by atoms with E-state index in [-0.39, 0.29) is 42.3 Å². The van der Waals surface area contributed by atoms with E-state index in [0.717, 1.165) is 18.9 Å². The Morgan fingerprint density at radius 1 is 1.39 bits per heavy atom. The molecule has 0 spiro atoms. The predicted octanol–water partition coefficient (Wildman–Crippen LogP) is 2.06. The molecule has 1 aliphatic heterocycles. The Balaban J connectivity index is 0.00000392. The highest BCUT2D eigenvalue weighted by Crippen LogP contribution is 2.13. The minimum absolute atomic E-state index is 0. The summed E-state index contributed by atoms with van der Waals surface area (Å²) in [4.78, 5) is 29.7. The minimum Gasteiger partial charge on any atom is -0.454 e. The number of aliphatic imine (C=N–C) groups is 1. The molecule has 0 radical (unpaired) electrons. The van der Waals surface area contributed by atoms with Crippen molar-refractivity contribution in [3.05, 3.63) is 23.7 Å². The number of carbonyl (C=O) groups is 2. The third-order valence-corrected chi connectivity index (χ3v) is 3.83. The van der Waals surface area contributed by atoms with Crippen molar-refractivity contribution in [3.63, 3.8) is 0 Å². The van der Waals surface area contributed by atoms with Gasteiger partial charge in [-0.25, -0.2) is 9.79 Å². The Morgan fingerprint density at radius 2 is 2.11 bits per heavy atom. The Morgan fingerprint density at radius 3 is 2.68 bits per heavy atom. The van der Waals surface area contributed by atoms with Crippen LogP contribution < -0.4 is 16.4 Å². The molecule has 4 N–H and O–H groups in total. The van der Waals surface area contributed by atoms with E-state index in [4.69, 9.17) is 14.9 Å². The van der Waals surface area contributed by atoms with E-state index in [1.54, 1.807) is 6.07 Å². The Kier molecular flexibility index (Phi) is 9.05. The maximum atomic E-state index is 11.9. The summed E-state index contributed by atoms with van der Waals surface area (Å²) in [6.07, 6.45) is 0.391. The highest BCUT2D eigenvalue weighted by Gasteiger charge is 2.27. The smallest absolute Gasteiger partial charge is 0.407 e. The second-order valence-electron chi connectivity index (χ2n) is 7.38. The molecule has 1 aromatic rings. The zero-order valence-corrected chi connectivity index (χ0v) is 19.1. The summed E-state index contributed by atoms with van der Waals surface area (Å²) >= 11 is 0. The van der Waals surface area contributed by atoms with E-state index in [1.807, 2.05) is 27.7 Å². The first-order valence-corrected chi connectivity index (χ1v) is 9.09. The quantitative estimate of drug-likeness (QED) is 0.319. The highest BCUT2D eigenvalue weighted by molar-refractivity contribution is 14.0. The fraction of sp³-hybridized carbons (Fsp3) is 0.611. The van der Waals surface area contributed by atoms with Crippen LogP contribution in [0.15, 0.2) is 21.5 Å². The molecule has 0 bridgehead atoms. The van der Waals surface area contributed by atoms with Crippen LogP contribution >= 0.6 is 24.0 Å². The average molecular weight is 507 g/mol. The molecule has 0 aromatic carbocycles. The van der Waals surface area contributed by atoms with Gasteiger partial charge in [-0.05, 0) is 46.2 Å². The predicted molar refractivity (Wildman–Crippen MR) is 117 cm³/mol. The van der Waals surface area contributed by atoms with E-state index in [9.17, 15) is 9.59 Å². The molecule has 1 saturated heterocycles. The van der Waals surface area contributed by atoms with Gasteiger partial charge in [0.25, 0.3) is 5.91 Å².